The molecule has 134 valence electrons. The van der Waals surface area contributed by atoms with Gasteiger partial charge >= 0.3 is 10.5 Å². The molecule has 0 N–H and O–H groups in total. The Morgan fingerprint density at radius 1 is 1.21 bits per heavy atom. The summed E-state index contributed by atoms with van der Waals surface area (Å²) in [5.41, 5.74) is -0.323. The van der Waals surface area contributed by atoms with Gasteiger partial charge in [0, 0.05) is 6.20 Å². The summed E-state index contributed by atoms with van der Waals surface area (Å²) in [5.74, 6) is -1.06. The average molecular weight is 455 g/mol. The minimum Gasteiger partial charge on any atom is -0.355 e. The topological polar surface area (TPSA) is 31.2 Å². The second-order valence-electron chi connectivity index (χ2n) is 4.95. The molecule has 0 bridgehead atoms. The minimum atomic E-state index is -10.1. The molecule has 11 heteroatoms. The number of pyridine rings is 1. The molecule has 0 aliphatic carbocycles. The fourth-order valence-electron chi connectivity index (χ4n) is 1.99. The van der Waals surface area contributed by atoms with E-state index in [0.29, 0.717) is 0 Å². The Hall–Kier alpha value is -1.26. The summed E-state index contributed by atoms with van der Waals surface area (Å²) < 4.78 is 66.5. The summed E-state index contributed by atoms with van der Waals surface area (Å²) in [7, 11) is -10.1. The normalized spacial score (nSPS) is 16.2. The summed E-state index contributed by atoms with van der Waals surface area (Å²) >= 11 is 8.87. The van der Waals surface area contributed by atoms with Gasteiger partial charge in [0.25, 0.3) is 5.56 Å². The highest BCUT2D eigenvalue weighted by Gasteiger charge is 2.67. The van der Waals surface area contributed by atoms with Gasteiger partial charge in [-0.25, -0.2) is 0 Å². The van der Waals surface area contributed by atoms with E-state index in [-0.39, 0.29) is 15.1 Å². The lowest BCUT2D eigenvalue weighted by Gasteiger charge is -2.39. The second-order valence-corrected chi connectivity index (χ2v) is 8.20. The van der Waals surface area contributed by atoms with Crippen LogP contribution in [0.2, 0.25) is 5.02 Å². The Morgan fingerprint density at radius 3 is 2.42 bits per heavy atom. The zero-order valence-corrected chi connectivity index (χ0v) is 15.0. The number of nitrogens with zero attached hydrogens (tertiary/aromatic N) is 1. The molecule has 0 amide bonds. The molecule has 1 aromatic heterocycles. The van der Waals surface area contributed by atoms with Gasteiger partial charge in [0.1, 0.15) is 5.75 Å². The van der Waals surface area contributed by atoms with Crippen LogP contribution in [0.25, 0.3) is 0 Å². The highest BCUT2D eigenvalue weighted by Crippen LogP contribution is 2.97. The fraction of sp³-hybridized carbons (Fsp3) is 0.154. The van der Waals surface area contributed by atoms with Crippen molar-refractivity contribution >= 4 is 38.0 Å². The minimum absolute atomic E-state index is 0.154. The van der Waals surface area contributed by atoms with Crippen molar-refractivity contribution < 1.29 is 23.6 Å². The first kappa shape index (κ1) is 19.1. The smallest absolute Gasteiger partial charge is 0.355 e. The van der Waals surface area contributed by atoms with E-state index in [1.54, 1.807) is 0 Å². The first-order valence-electron chi connectivity index (χ1n) is 6.27. The van der Waals surface area contributed by atoms with Crippen molar-refractivity contribution in [2.75, 3.05) is 0 Å². The molecule has 1 heterocycles. The highest BCUT2D eigenvalue weighted by molar-refractivity contribution is 9.10. The first-order chi connectivity index (χ1) is 10.6. The predicted molar refractivity (Wildman–Crippen MR) is 87.4 cm³/mol. The lowest BCUT2D eigenvalue weighted by Crippen LogP contribution is -2.24. The molecule has 1 unspecified atom stereocenters. The molecule has 1 aromatic carbocycles. The number of benzene rings is 1. The maximum Gasteiger partial charge on any atom is 0.435 e. The van der Waals surface area contributed by atoms with Crippen LogP contribution in [0.3, 0.4) is 0 Å². The van der Waals surface area contributed by atoms with Crippen LogP contribution in [0.15, 0.2) is 45.8 Å². The molecule has 2 rings (SSSR count). The molecule has 0 saturated carbocycles. The van der Waals surface area contributed by atoms with Gasteiger partial charge in [0.15, 0.2) is 0 Å². The van der Waals surface area contributed by atoms with Gasteiger partial charge in [-0.1, -0.05) is 43.2 Å². The van der Waals surface area contributed by atoms with Crippen molar-refractivity contribution in [3.8, 4) is 5.75 Å². The molecule has 3 nitrogen and oxygen atoms in total. The monoisotopic (exact) mass is 453 g/mol. The van der Waals surface area contributed by atoms with Crippen LogP contribution in [0.5, 0.6) is 5.75 Å². The lowest BCUT2D eigenvalue weighted by molar-refractivity contribution is 0.243. The Balaban J connectivity index is 2.45. The average Bonchev–Trinajstić information content (AvgIpc) is 2.38. The third kappa shape index (κ3) is 5.12. The van der Waals surface area contributed by atoms with Gasteiger partial charge in [0.05, 0.1) is 15.5 Å². The van der Waals surface area contributed by atoms with Gasteiger partial charge in [-0.05, 0) is 46.6 Å². The van der Waals surface area contributed by atoms with Crippen LogP contribution in [0.4, 0.5) is 19.4 Å². The Morgan fingerprint density at radius 2 is 1.83 bits per heavy atom. The first-order valence-corrected chi connectivity index (χ1v) is 9.32. The number of hydrogen-bond donors (Lipinski definition) is 0. The highest BCUT2D eigenvalue weighted by atomic mass is 79.9. The van der Waals surface area contributed by atoms with Crippen LogP contribution >= 0.6 is 38.0 Å². The largest absolute Gasteiger partial charge is 0.435 e. The maximum absolute atomic E-state index is 12.4. The molecule has 0 radical (unpaired) electrons. The van der Waals surface area contributed by atoms with E-state index in [1.807, 2.05) is 0 Å². The van der Waals surface area contributed by atoms with Crippen molar-refractivity contribution in [2.24, 2.45) is 0 Å². The quantitative estimate of drug-likeness (QED) is 0.496. The number of hydrogen-bond acceptors (Lipinski definition) is 2. The van der Waals surface area contributed by atoms with Gasteiger partial charge in [-0.3, -0.25) is 4.79 Å². The van der Waals surface area contributed by atoms with E-state index < -0.39 is 27.9 Å². The van der Waals surface area contributed by atoms with E-state index in [1.165, 1.54) is 25.3 Å². The summed E-state index contributed by atoms with van der Waals surface area (Å²) in [5, 5.41) is 0.215. The molecule has 24 heavy (non-hydrogen) atoms. The molecular weight excluding hydrogens is 445 g/mol. The van der Waals surface area contributed by atoms with Gasteiger partial charge in [-0.2, -0.15) is 0 Å². The molecule has 0 aliphatic rings. The van der Waals surface area contributed by atoms with Crippen molar-refractivity contribution in [3.05, 3.63) is 61.9 Å². The Kier molecular flexibility index (Phi) is 4.26. The zero-order chi connectivity index (χ0) is 18.4. The number of halogens is 7. The standard InChI is InChI=1S/C13H10BrClF5NO2S/c1-8(21-7-10(15)6-12(14)13(21)22)9-3-2-4-11(5-9)23-24(16,17,18,19)20/h2-8H,1H3. The molecule has 0 aliphatic heterocycles. The zero-order valence-electron chi connectivity index (χ0n) is 11.9. The third-order valence-corrected chi connectivity index (χ3v) is 4.26. The Bertz CT molecular complexity index is 856. The van der Waals surface area contributed by atoms with E-state index in [4.69, 9.17) is 11.6 Å². The summed E-state index contributed by atoms with van der Waals surface area (Å²) in [6.45, 7) is 1.50. The van der Waals surface area contributed by atoms with Crippen LogP contribution in [-0.4, -0.2) is 4.57 Å². The second kappa shape index (κ2) is 5.37. The van der Waals surface area contributed by atoms with E-state index in [0.717, 1.165) is 22.8 Å². The predicted octanol–water partition coefficient (Wildman–Crippen LogP) is 6.47. The summed E-state index contributed by atoms with van der Waals surface area (Å²) in [6, 6.07) is 4.64. The molecule has 2 aromatic rings. The van der Waals surface area contributed by atoms with Crippen LogP contribution < -0.4 is 9.74 Å². The van der Waals surface area contributed by atoms with Gasteiger partial charge in [0.2, 0.25) is 0 Å². The van der Waals surface area contributed by atoms with Crippen molar-refractivity contribution in [1.82, 2.24) is 4.57 Å². The van der Waals surface area contributed by atoms with E-state index in [9.17, 15) is 24.2 Å². The molecule has 0 spiro atoms. The third-order valence-electron chi connectivity index (χ3n) is 2.98. The van der Waals surface area contributed by atoms with Crippen LogP contribution in [0.1, 0.15) is 18.5 Å². The summed E-state index contributed by atoms with van der Waals surface area (Å²) in [6.07, 6.45) is 1.29. The van der Waals surface area contributed by atoms with Crippen LogP contribution in [0, 0.1) is 0 Å². The van der Waals surface area contributed by atoms with Gasteiger partial charge in [-0.15, -0.1) is 0 Å². The molecule has 1 atom stereocenters. The number of rotatable bonds is 4. The van der Waals surface area contributed by atoms with Crippen molar-refractivity contribution in [1.29, 1.82) is 0 Å². The molecule has 0 saturated heterocycles. The Labute approximate surface area is 147 Å². The van der Waals surface area contributed by atoms with E-state index in [2.05, 4.69) is 20.1 Å². The van der Waals surface area contributed by atoms with Crippen molar-refractivity contribution in [2.45, 2.75) is 13.0 Å². The lowest BCUT2D eigenvalue weighted by atomic mass is 10.1. The van der Waals surface area contributed by atoms with E-state index >= 15 is 0 Å². The fourth-order valence-corrected chi connectivity index (χ4v) is 3.26. The summed E-state index contributed by atoms with van der Waals surface area (Å²) in [4.78, 5) is 12.1. The van der Waals surface area contributed by atoms with Crippen LogP contribution in [-0.2, 0) is 0 Å². The number of aromatic nitrogens is 1. The maximum atomic E-state index is 12.4. The van der Waals surface area contributed by atoms with Gasteiger partial charge < -0.3 is 8.75 Å². The molecular formula is C13H10BrClF5NO2S. The SMILES string of the molecule is CC(c1cccc(OS(F)(F)(F)(F)F)c1)n1cc(Cl)cc(Br)c1=O. The van der Waals surface area contributed by atoms with Crippen molar-refractivity contribution in [3.63, 3.8) is 0 Å². The molecule has 0 fully saturated rings.